The van der Waals surface area contributed by atoms with Crippen molar-refractivity contribution in [3.63, 3.8) is 0 Å². The molecule has 3 unspecified atom stereocenters. The van der Waals surface area contributed by atoms with Crippen LogP contribution in [0.25, 0.3) is 0 Å². The number of aromatic nitrogens is 1. The molecule has 1 aromatic heterocycles. The lowest BCUT2D eigenvalue weighted by Gasteiger charge is -2.28. The first-order valence-corrected chi connectivity index (χ1v) is 8.08. The molecular formula is C17H28N2O2. The fourth-order valence-corrected chi connectivity index (χ4v) is 2.92. The van der Waals surface area contributed by atoms with Gasteiger partial charge in [-0.05, 0) is 43.4 Å². The van der Waals surface area contributed by atoms with E-state index in [4.69, 9.17) is 4.74 Å². The monoisotopic (exact) mass is 292 g/mol. The Hall–Kier alpha value is -0.970. The van der Waals surface area contributed by atoms with E-state index in [0.29, 0.717) is 19.3 Å². The summed E-state index contributed by atoms with van der Waals surface area (Å²) in [5, 5.41) is 13.4. The fraction of sp³-hybridized carbons (Fsp3) is 0.706. The van der Waals surface area contributed by atoms with Crippen LogP contribution in [0.3, 0.4) is 0 Å². The Bertz CT molecular complexity index is 399. The molecule has 21 heavy (non-hydrogen) atoms. The highest BCUT2D eigenvalue weighted by atomic mass is 16.5. The third-order valence-corrected chi connectivity index (χ3v) is 4.28. The highest BCUT2D eigenvalue weighted by Crippen LogP contribution is 2.25. The second-order valence-electron chi connectivity index (χ2n) is 6.29. The van der Waals surface area contributed by atoms with E-state index in [-0.39, 0.29) is 6.04 Å². The maximum Gasteiger partial charge on any atom is 0.0898 e. The molecule has 1 saturated carbocycles. The van der Waals surface area contributed by atoms with Crippen LogP contribution in [-0.4, -0.2) is 35.5 Å². The van der Waals surface area contributed by atoms with E-state index in [2.05, 4.69) is 24.1 Å². The van der Waals surface area contributed by atoms with Gasteiger partial charge in [-0.25, -0.2) is 0 Å². The molecule has 4 nitrogen and oxygen atoms in total. The normalized spacial score (nSPS) is 25.5. The molecule has 1 aromatic rings. The molecule has 0 aromatic carbocycles. The predicted octanol–water partition coefficient (Wildman–Crippen LogP) is 2.69. The van der Waals surface area contributed by atoms with Gasteiger partial charge in [0.05, 0.1) is 18.8 Å². The number of nitrogens with zero attached hydrogens (tertiary/aromatic N) is 1. The van der Waals surface area contributed by atoms with E-state index in [1.165, 1.54) is 18.4 Å². The maximum absolute atomic E-state index is 10.0. The quantitative estimate of drug-likeness (QED) is 0.811. The zero-order valence-electron chi connectivity index (χ0n) is 13.2. The van der Waals surface area contributed by atoms with Gasteiger partial charge in [0.1, 0.15) is 0 Å². The Balaban J connectivity index is 1.64. The van der Waals surface area contributed by atoms with Gasteiger partial charge >= 0.3 is 0 Å². The van der Waals surface area contributed by atoms with E-state index >= 15 is 0 Å². The molecule has 4 heteroatoms. The predicted molar refractivity (Wildman–Crippen MR) is 84.0 cm³/mol. The fourth-order valence-electron chi connectivity index (χ4n) is 2.92. The molecule has 4 atom stereocenters. The summed E-state index contributed by atoms with van der Waals surface area (Å²) < 4.78 is 5.85. The Morgan fingerprint density at radius 3 is 2.86 bits per heavy atom. The Morgan fingerprint density at radius 2 is 2.14 bits per heavy atom. The van der Waals surface area contributed by atoms with Crippen LogP contribution in [0.5, 0.6) is 0 Å². The Kier molecular flexibility index (Phi) is 6.61. The molecule has 0 saturated heterocycles. The van der Waals surface area contributed by atoms with Gasteiger partial charge < -0.3 is 15.2 Å². The number of hydrogen-bond acceptors (Lipinski definition) is 4. The highest BCUT2D eigenvalue weighted by molar-refractivity contribution is 5.13. The summed E-state index contributed by atoms with van der Waals surface area (Å²) in [7, 11) is 0. The molecule has 2 rings (SSSR count). The lowest BCUT2D eigenvalue weighted by molar-refractivity contribution is -0.0310. The van der Waals surface area contributed by atoms with Crippen LogP contribution in [0.4, 0.5) is 0 Å². The summed E-state index contributed by atoms with van der Waals surface area (Å²) in [6, 6.07) is 4.19. The van der Waals surface area contributed by atoms with Gasteiger partial charge in [0, 0.05) is 25.0 Å². The molecule has 2 N–H and O–H groups in total. The van der Waals surface area contributed by atoms with Crippen LogP contribution in [0, 0.1) is 5.92 Å². The van der Waals surface area contributed by atoms with Crippen molar-refractivity contribution in [3.8, 4) is 0 Å². The van der Waals surface area contributed by atoms with Gasteiger partial charge in [0.2, 0.25) is 0 Å². The average molecular weight is 292 g/mol. The zero-order chi connectivity index (χ0) is 15.1. The first-order chi connectivity index (χ1) is 10.1. The van der Waals surface area contributed by atoms with Crippen LogP contribution < -0.4 is 5.32 Å². The van der Waals surface area contributed by atoms with Crippen molar-refractivity contribution in [2.45, 2.75) is 57.8 Å². The largest absolute Gasteiger partial charge is 0.389 e. The lowest BCUT2D eigenvalue weighted by atomic mass is 9.89. The standard InChI is InChI=1S/C17H28N2O2/c1-13-4-3-5-17(10-13)21-12-16(20)11-19-14(2)15-6-8-18-9-7-15/h6-9,13-14,16-17,19-20H,3-5,10-12H2,1-2H3/t13?,14-,16?,17?/m0/s1. The number of pyridine rings is 1. The van der Waals surface area contributed by atoms with E-state index < -0.39 is 6.10 Å². The molecular weight excluding hydrogens is 264 g/mol. The first-order valence-electron chi connectivity index (χ1n) is 8.08. The minimum atomic E-state index is -0.452. The Morgan fingerprint density at radius 1 is 1.38 bits per heavy atom. The molecule has 0 spiro atoms. The smallest absolute Gasteiger partial charge is 0.0898 e. The van der Waals surface area contributed by atoms with E-state index in [9.17, 15) is 5.11 Å². The zero-order valence-corrected chi connectivity index (χ0v) is 13.2. The lowest BCUT2D eigenvalue weighted by Crippen LogP contribution is -2.34. The van der Waals surface area contributed by atoms with Crippen LogP contribution in [0.2, 0.25) is 0 Å². The summed E-state index contributed by atoms with van der Waals surface area (Å²) in [6.45, 7) is 5.34. The van der Waals surface area contributed by atoms with Crippen molar-refractivity contribution < 1.29 is 9.84 Å². The van der Waals surface area contributed by atoms with Crippen molar-refractivity contribution in [3.05, 3.63) is 30.1 Å². The van der Waals surface area contributed by atoms with Crippen LogP contribution in [0.1, 0.15) is 51.1 Å². The van der Waals surface area contributed by atoms with Gasteiger partial charge in [0.15, 0.2) is 0 Å². The number of hydrogen-bond donors (Lipinski definition) is 2. The Labute approximate surface area is 127 Å². The molecule has 0 amide bonds. The summed E-state index contributed by atoms with van der Waals surface area (Å²) in [6.07, 6.45) is 8.29. The molecule has 0 radical (unpaired) electrons. The second kappa shape index (κ2) is 8.47. The van der Waals surface area contributed by atoms with Crippen LogP contribution in [0.15, 0.2) is 24.5 Å². The van der Waals surface area contributed by atoms with Gasteiger partial charge in [-0.2, -0.15) is 0 Å². The average Bonchev–Trinajstić information content (AvgIpc) is 2.51. The highest BCUT2D eigenvalue weighted by Gasteiger charge is 2.20. The molecule has 118 valence electrons. The van der Waals surface area contributed by atoms with Crippen molar-refractivity contribution in [2.75, 3.05) is 13.2 Å². The molecule has 1 aliphatic carbocycles. The molecule has 0 aliphatic heterocycles. The summed E-state index contributed by atoms with van der Waals surface area (Å²) >= 11 is 0. The molecule has 0 bridgehead atoms. The minimum Gasteiger partial charge on any atom is -0.389 e. The van der Waals surface area contributed by atoms with Gasteiger partial charge in [-0.15, -0.1) is 0 Å². The third kappa shape index (κ3) is 5.73. The first kappa shape index (κ1) is 16.4. The van der Waals surface area contributed by atoms with Gasteiger partial charge in [-0.3, -0.25) is 4.98 Å². The number of rotatable bonds is 7. The SMILES string of the molecule is CC1CCCC(OCC(O)CN[C@@H](C)c2ccncc2)C1. The number of aliphatic hydroxyl groups is 1. The number of aliphatic hydroxyl groups excluding tert-OH is 1. The number of ether oxygens (including phenoxy) is 1. The van der Waals surface area contributed by atoms with E-state index in [0.717, 1.165) is 18.8 Å². The van der Waals surface area contributed by atoms with Gasteiger partial charge in [-0.1, -0.05) is 19.8 Å². The van der Waals surface area contributed by atoms with Crippen molar-refractivity contribution in [2.24, 2.45) is 5.92 Å². The molecule has 1 fully saturated rings. The molecule has 1 aliphatic rings. The molecule has 1 heterocycles. The maximum atomic E-state index is 10.0. The van der Waals surface area contributed by atoms with E-state index in [1.807, 2.05) is 12.1 Å². The second-order valence-corrected chi connectivity index (χ2v) is 6.29. The van der Waals surface area contributed by atoms with Crippen LogP contribution in [-0.2, 0) is 4.74 Å². The third-order valence-electron chi connectivity index (χ3n) is 4.28. The minimum absolute atomic E-state index is 0.206. The van der Waals surface area contributed by atoms with E-state index in [1.54, 1.807) is 12.4 Å². The van der Waals surface area contributed by atoms with Crippen molar-refractivity contribution in [1.82, 2.24) is 10.3 Å². The van der Waals surface area contributed by atoms with Crippen LogP contribution >= 0.6 is 0 Å². The van der Waals surface area contributed by atoms with Gasteiger partial charge in [0.25, 0.3) is 0 Å². The summed E-state index contributed by atoms with van der Waals surface area (Å²) in [4.78, 5) is 4.01. The summed E-state index contributed by atoms with van der Waals surface area (Å²) in [5.41, 5.74) is 1.18. The van der Waals surface area contributed by atoms with Crippen molar-refractivity contribution in [1.29, 1.82) is 0 Å². The summed E-state index contributed by atoms with van der Waals surface area (Å²) in [5.74, 6) is 0.755. The van der Waals surface area contributed by atoms with Crippen molar-refractivity contribution >= 4 is 0 Å². The topological polar surface area (TPSA) is 54.4 Å². The number of nitrogens with one attached hydrogen (secondary N) is 1.